The fraction of sp³-hybridized carbons (Fsp3) is 0. The van der Waals surface area contributed by atoms with Crippen LogP contribution in [0.2, 0.25) is 5.02 Å². The van der Waals surface area contributed by atoms with Crippen molar-refractivity contribution in [3.05, 3.63) is 57.2 Å². The number of aromatic carboxylic acids is 1. The van der Waals surface area contributed by atoms with Gasteiger partial charge in [-0.25, -0.2) is 4.79 Å². The van der Waals surface area contributed by atoms with E-state index in [4.69, 9.17) is 21.1 Å². The van der Waals surface area contributed by atoms with Crippen molar-refractivity contribution in [2.24, 2.45) is 0 Å². The average molecular weight is 275 g/mol. The fourth-order valence-corrected chi connectivity index (χ4v) is 2.19. The van der Waals surface area contributed by atoms with E-state index < -0.39 is 5.97 Å². The quantitative estimate of drug-likeness (QED) is 0.691. The zero-order chi connectivity index (χ0) is 13.6. The summed E-state index contributed by atoms with van der Waals surface area (Å²) < 4.78 is 5.57. The Labute approximate surface area is 111 Å². The van der Waals surface area contributed by atoms with Gasteiger partial charge in [-0.3, -0.25) is 4.79 Å². The molecule has 1 heterocycles. The highest BCUT2D eigenvalue weighted by atomic mass is 35.5. The van der Waals surface area contributed by atoms with Crippen LogP contribution in [-0.4, -0.2) is 11.1 Å². The third-order valence-corrected chi connectivity index (χ3v) is 3.19. The summed E-state index contributed by atoms with van der Waals surface area (Å²) in [6.45, 7) is 0. The Morgan fingerprint density at radius 2 is 1.95 bits per heavy atom. The van der Waals surface area contributed by atoms with Crippen LogP contribution in [0.3, 0.4) is 0 Å². The summed E-state index contributed by atoms with van der Waals surface area (Å²) in [5.74, 6) is -1.09. The molecule has 0 fully saturated rings. The largest absolute Gasteiger partial charge is 0.478 e. The predicted molar refractivity (Wildman–Crippen MR) is 72.0 cm³/mol. The fourth-order valence-electron chi connectivity index (χ4n) is 1.98. The van der Waals surface area contributed by atoms with Crippen molar-refractivity contribution in [2.75, 3.05) is 0 Å². The molecule has 0 radical (unpaired) electrons. The molecular weight excluding hydrogens is 268 g/mol. The van der Waals surface area contributed by atoms with Gasteiger partial charge in [0.15, 0.2) is 5.58 Å². The second-order valence-corrected chi connectivity index (χ2v) is 4.47. The van der Waals surface area contributed by atoms with Crippen molar-refractivity contribution in [2.45, 2.75) is 0 Å². The van der Waals surface area contributed by atoms with Gasteiger partial charge in [0.25, 0.3) is 0 Å². The lowest BCUT2D eigenvalue weighted by atomic mass is 10.1. The lowest BCUT2D eigenvalue weighted by Gasteiger charge is -2.03. The second-order valence-electron chi connectivity index (χ2n) is 4.06. The zero-order valence-electron chi connectivity index (χ0n) is 9.51. The van der Waals surface area contributed by atoms with E-state index in [1.54, 1.807) is 18.2 Å². The van der Waals surface area contributed by atoms with E-state index in [1.807, 2.05) is 0 Å². The minimum atomic E-state index is -1.09. The lowest BCUT2D eigenvalue weighted by molar-refractivity contribution is 0.0697. The van der Waals surface area contributed by atoms with Gasteiger partial charge in [-0.1, -0.05) is 17.7 Å². The first-order valence-electron chi connectivity index (χ1n) is 5.46. The molecule has 0 aliphatic rings. The minimum Gasteiger partial charge on any atom is -0.478 e. The first kappa shape index (κ1) is 11.7. The summed E-state index contributed by atoms with van der Waals surface area (Å²) in [6.07, 6.45) is 0. The number of hydrogen-bond donors (Lipinski definition) is 1. The number of carboxylic acid groups (broad SMARTS) is 1. The van der Waals surface area contributed by atoms with Crippen LogP contribution < -0.4 is 5.43 Å². The molecule has 0 atom stereocenters. The van der Waals surface area contributed by atoms with E-state index >= 15 is 0 Å². The highest BCUT2D eigenvalue weighted by Crippen LogP contribution is 2.25. The number of benzene rings is 2. The molecule has 3 aromatic rings. The molecular formula is C14H7ClO4. The van der Waals surface area contributed by atoms with Crippen LogP contribution in [-0.2, 0) is 0 Å². The van der Waals surface area contributed by atoms with Crippen LogP contribution in [0.15, 0.2) is 45.6 Å². The molecule has 19 heavy (non-hydrogen) atoms. The first-order valence-corrected chi connectivity index (χ1v) is 5.84. The van der Waals surface area contributed by atoms with Crippen LogP contribution in [0.1, 0.15) is 10.4 Å². The summed E-state index contributed by atoms with van der Waals surface area (Å²) in [6, 6.07) is 9.03. The Balaban J connectivity index is 2.51. The van der Waals surface area contributed by atoms with Gasteiger partial charge < -0.3 is 9.52 Å². The topological polar surface area (TPSA) is 67.5 Å². The molecule has 0 spiro atoms. The maximum Gasteiger partial charge on any atom is 0.335 e. The Kier molecular flexibility index (Phi) is 2.54. The number of hydrogen-bond acceptors (Lipinski definition) is 3. The Hall–Kier alpha value is -2.33. The molecule has 3 rings (SSSR count). The monoisotopic (exact) mass is 274 g/mol. The third kappa shape index (κ3) is 1.77. The summed E-state index contributed by atoms with van der Waals surface area (Å²) >= 11 is 5.98. The van der Waals surface area contributed by atoms with Gasteiger partial charge in [0, 0.05) is 0 Å². The first-order chi connectivity index (χ1) is 9.08. The molecule has 4 nitrogen and oxygen atoms in total. The third-order valence-electron chi connectivity index (χ3n) is 2.89. The molecule has 0 saturated carbocycles. The van der Waals surface area contributed by atoms with Crippen molar-refractivity contribution in [3.8, 4) is 0 Å². The average Bonchev–Trinajstić information content (AvgIpc) is 2.40. The van der Waals surface area contributed by atoms with E-state index in [0.717, 1.165) is 0 Å². The van der Waals surface area contributed by atoms with Gasteiger partial charge in [-0.2, -0.15) is 0 Å². The Bertz CT molecular complexity index is 880. The molecule has 1 aromatic heterocycles. The standard InChI is InChI=1S/C14H7ClO4/c15-10-3-1-2-8-12(16)9-6-7(14(17)18)4-5-11(9)19-13(8)10/h1-6H,(H,17,18). The van der Waals surface area contributed by atoms with Crippen LogP contribution in [0.4, 0.5) is 0 Å². The summed E-state index contributed by atoms with van der Waals surface area (Å²) in [4.78, 5) is 23.2. The van der Waals surface area contributed by atoms with E-state index in [-0.39, 0.29) is 16.4 Å². The highest BCUT2D eigenvalue weighted by molar-refractivity contribution is 6.34. The van der Waals surface area contributed by atoms with Crippen molar-refractivity contribution in [1.82, 2.24) is 0 Å². The Morgan fingerprint density at radius 1 is 1.16 bits per heavy atom. The molecule has 0 unspecified atom stereocenters. The molecule has 0 aliphatic heterocycles. The number of carboxylic acids is 1. The molecule has 94 valence electrons. The normalized spacial score (nSPS) is 11.0. The number of fused-ring (bicyclic) bond motifs is 2. The Morgan fingerprint density at radius 3 is 2.68 bits per heavy atom. The van der Waals surface area contributed by atoms with Gasteiger partial charge in [0.2, 0.25) is 5.43 Å². The summed E-state index contributed by atoms with van der Waals surface area (Å²) in [5.41, 5.74) is 0.378. The van der Waals surface area contributed by atoms with E-state index in [1.165, 1.54) is 18.2 Å². The molecule has 0 saturated heterocycles. The van der Waals surface area contributed by atoms with Gasteiger partial charge in [0.1, 0.15) is 5.58 Å². The van der Waals surface area contributed by atoms with Gasteiger partial charge in [0.05, 0.1) is 21.4 Å². The number of halogens is 1. The van der Waals surface area contributed by atoms with Gasteiger partial charge in [-0.15, -0.1) is 0 Å². The minimum absolute atomic E-state index is 0.0428. The number of rotatable bonds is 1. The van der Waals surface area contributed by atoms with Crippen LogP contribution in [0.5, 0.6) is 0 Å². The van der Waals surface area contributed by atoms with Crippen molar-refractivity contribution < 1.29 is 14.3 Å². The van der Waals surface area contributed by atoms with E-state index in [0.29, 0.717) is 21.6 Å². The summed E-state index contributed by atoms with van der Waals surface area (Å²) in [7, 11) is 0. The highest BCUT2D eigenvalue weighted by Gasteiger charge is 2.12. The maximum atomic E-state index is 12.3. The van der Waals surface area contributed by atoms with Gasteiger partial charge >= 0.3 is 5.97 Å². The summed E-state index contributed by atoms with van der Waals surface area (Å²) in [5, 5.41) is 9.85. The van der Waals surface area contributed by atoms with Crippen LogP contribution >= 0.6 is 11.6 Å². The predicted octanol–water partition coefficient (Wildman–Crippen LogP) is 3.30. The van der Waals surface area contributed by atoms with E-state index in [9.17, 15) is 9.59 Å². The second kappa shape index (κ2) is 4.10. The molecule has 0 amide bonds. The van der Waals surface area contributed by atoms with Crippen LogP contribution in [0, 0.1) is 0 Å². The van der Waals surface area contributed by atoms with Crippen molar-refractivity contribution in [3.63, 3.8) is 0 Å². The van der Waals surface area contributed by atoms with Crippen molar-refractivity contribution in [1.29, 1.82) is 0 Å². The molecule has 5 heteroatoms. The van der Waals surface area contributed by atoms with Gasteiger partial charge in [-0.05, 0) is 30.3 Å². The molecule has 2 aromatic carbocycles. The van der Waals surface area contributed by atoms with Crippen molar-refractivity contribution >= 4 is 39.5 Å². The smallest absolute Gasteiger partial charge is 0.335 e. The zero-order valence-corrected chi connectivity index (χ0v) is 10.3. The number of carbonyl (C=O) groups is 1. The number of para-hydroxylation sites is 1. The SMILES string of the molecule is O=C(O)c1ccc2oc3c(Cl)cccc3c(=O)c2c1. The van der Waals surface area contributed by atoms with Crippen LogP contribution in [0.25, 0.3) is 21.9 Å². The molecule has 1 N–H and O–H groups in total. The molecule has 0 aliphatic carbocycles. The van der Waals surface area contributed by atoms with E-state index in [2.05, 4.69) is 0 Å². The lowest BCUT2D eigenvalue weighted by Crippen LogP contribution is -2.04. The maximum absolute atomic E-state index is 12.3. The molecule has 0 bridgehead atoms.